The molecule has 9 heteroatoms. The number of nitrogens with zero attached hydrogens (tertiary/aromatic N) is 6. The molecule has 1 N–H and O–H groups in total. The van der Waals surface area contributed by atoms with Gasteiger partial charge in [0.2, 0.25) is 5.65 Å². The summed E-state index contributed by atoms with van der Waals surface area (Å²) in [5.74, 6) is -0.0789. The first-order valence-electron chi connectivity index (χ1n) is 6.29. The van der Waals surface area contributed by atoms with Gasteiger partial charge in [-0.3, -0.25) is 0 Å². The average Bonchev–Trinajstić information content (AvgIpc) is 3.03. The number of rotatable bonds is 5. The first kappa shape index (κ1) is 13.2. The molecule has 9 nitrogen and oxygen atoms in total. The molecule has 0 unspecified atom stereocenters. The van der Waals surface area contributed by atoms with Crippen LogP contribution >= 0.6 is 0 Å². The zero-order valence-electron chi connectivity index (χ0n) is 11.0. The van der Waals surface area contributed by atoms with E-state index in [1.165, 1.54) is 9.08 Å². The number of aromatic nitrogens is 5. The monoisotopic (exact) mass is 288 g/mol. The average molecular weight is 288 g/mol. The van der Waals surface area contributed by atoms with Crippen molar-refractivity contribution in [2.24, 2.45) is 0 Å². The highest BCUT2D eigenvalue weighted by Crippen LogP contribution is 2.21. The SMILES string of the molecule is O=[N+]([O-])c1c(Cn2cc(CCO)nn2)nc2ccccn12. The fraction of sp³-hybridized carbons (Fsp3) is 0.250. The molecule has 0 fully saturated rings. The Morgan fingerprint density at radius 3 is 3.00 bits per heavy atom. The van der Waals surface area contributed by atoms with Gasteiger partial charge in [-0.15, -0.1) is 5.10 Å². The molecule has 0 saturated carbocycles. The van der Waals surface area contributed by atoms with E-state index in [4.69, 9.17) is 5.11 Å². The van der Waals surface area contributed by atoms with Gasteiger partial charge in [-0.25, -0.2) is 9.67 Å². The molecule has 3 rings (SSSR count). The van der Waals surface area contributed by atoms with Gasteiger partial charge in [0.05, 0.1) is 18.4 Å². The van der Waals surface area contributed by atoms with Crippen LogP contribution in [-0.4, -0.2) is 41.0 Å². The van der Waals surface area contributed by atoms with Crippen LogP contribution in [0.1, 0.15) is 11.4 Å². The summed E-state index contributed by atoms with van der Waals surface area (Å²) in [6.45, 7) is 0.129. The second-order valence-electron chi connectivity index (χ2n) is 4.45. The third-order valence-corrected chi connectivity index (χ3v) is 3.01. The Kier molecular flexibility index (Phi) is 3.32. The third-order valence-electron chi connectivity index (χ3n) is 3.01. The van der Waals surface area contributed by atoms with Gasteiger partial charge in [0.1, 0.15) is 0 Å². The van der Waals surface area contributed by atoms with E-state index < -0.39 is 4.92 Å². The van der Waals surface area contributed by atoms with Crippen molar-refractivity contribution in [1.29, 1.82) is 0 Å². The Balaban J connectivity index is 1.99. The lowest BCUT2D eigenvalue weighted by Crippen LogP contribution is -2.04. The van der Waals surface area contributed by atoms with Gasteiger partial charge in [0.15, 0.2) is 5.69 Å². The van der Waals surface area contributed by atoms with Gasteiger partial charge < -0.3 is 15.2 Å². The van der Waals surface area contributed by atoms with Crippen LogP contribution in [0.25, 0.3) is 5.65 Å². The summed E-state index contributed by atoms with van der Waals surface area (Å²) in [4.78, 5) is 15.1. The van der Waals surface area contributed by atoms with Crippen LogP contribution in [0.2, 0.25) is 0 Å². The maximum Gasteiger partial charge on any atom is 0.353 e. The van der Waals surface area contributed by atoms with Crippen LogP contribution < -0.4 is 0 Å². The highest BCUT2D eigenvalue weighted by Gasteiger charge is 2.22. The van der Waals surface area contributed by atoms with Gasteiger partial charge >= 0.3 is 5.82 Å². The molecule has 0 radical (unpaired) electrons. The molecule has 0 atom stereocenters. The number of imidazole rings is 1. The van der Waals surface area contributed by atoms with E-state index >= 15 is 0 Å². The normalized spacial score (nSPS) is 11.1. The number of hydrogen-bond donors (Lipinski definition) is 1. The summed E-state index contributed by atoms with van der Waals surface area (Å²) in [6, 6.07) is 5.18. The van der Waals surface area contributed by atoms with Gasteiger partial charge in [-0.2, -0.15) is 4.40 Å². The molecule has 0 saturated heterocycles. The third kappa shape index (κ3) is 2.46. The van der Waals surface area contributed by atoms with E-state index in [1.807, 2.05) is 0 Å². The molecule has 108 valence electrons. The van der Waals surface area contributed by atoms with Crippen LogP contribution in [0.4, 0.5) is 5.82 Å². The fourth-order valence-electron chi connectivity index (χ4n) is 2.13. The largest absolute Gasteiger partial charge is 0.396 e. The molecule has 21 heavy (non-hydrogen) atoms. The van der Waals surface area contributed by atoms with Crippen LogP contribution in [0.15, 0.2) is 30.6 Å². The highest BCUT2D eigenvalue weighted by atomic mass is 16.6. The summed E-state index contributed by atoms with van der Waals surface area (Å²) >= 11 is 0. The lowest BCUT2D eigenvalue weighted by molar-refractivity contribution is -0.391. The standard InChI is InChI=1S/C12H12N6O3/c19-6-4-9-7-16(15-14-9)8-10-12(18(20)21)17-5-2-1-3-11(17)13-10/h1-3,5,7,19H,4,6,8H2. The second-order valence-corrected chi connectivity index (χ2v) is 4.45. The van der Waals surface area contributed by atoms with Crippen LogP contribution in [0.3, 0.4) is 0 Å². The zero-order chi connectivity index (χ0) is 14.8. The number of pyridine rings is 1. The van der Waals surface area contributed by atoms with Crippen molar-refractivity contribution in [3.8, 4) is 0 Å². The maximum absolute atomic E-state index is 11.3. The van der Waals surface area contributed by atoms with Gasteiger partial charge in [0, 0.05) is 25.3 Å². The molecule has 0 spiro atoms. The lowest BCUT2D eigenvalue weighted by atomic mass is 10.3. The van der Waals surface area contributed by atoms with E-state index in [9.17, 15) is 10.1 Å². The van der Waals surface area contributed by atoms with Crippen molar-refractivity contribution in [2.75, 3.05) is 6.61 Å². The predicted molar refractivity (Wildman–Crippen MR) is 71.8 cm³/mol. The van der Waals surface area contributed by atoms with Crippen molar-refractivity contribution >= 4 is 11.5 Å². The van der Waals surface area contributed by atoms with Crippen molar-refractivity contribution in [1.82, 2.24) is 24.4 Å². The van der Waals surface area contributed by atoms with E-state index in [0.29, 0.717) is 23.5 Å². The molecular weight excluding hydrogens is 276 g/mol. The molecule has 0 aliphatic carbocycles. The maximum atomic E-state index is 11.3. The Labute approximate surface area is 118 Å². The minimum atomic E-state index is -0.457. The van der Waals surface area contributed by atoms with Gasteiger partial charge in [-0.1, -0.05) is 11.3 Å². The van der Waals surface area contributed by atoms with Gasteiger partial charge in [0.25, 0.3) is 0 Å². The molecule has 0 amide bonds. The van der Waals surface area contributed by atoms with Crippen molar-refractivity contribution in [3.63, 3.8) is 0 Å². The first-order valence-corrected chi connectivity index (χ1v) is 6.29. The molecule has 0 bridgehead atoms. The molecule has 0 aliphatic rings. The van der Waals surface area contributed by atoms with E-state index in [1.54, 1.807) is 30.6 Å². The first-order chi connectivity index (χ1) is 10.2. The topological polar surface area (TPSA) is 111 Å². The van der Waals surface area contributed by atoms with Crippen molar-refractivity contribution in [3.05, 3.63) is 52.1 Å². The summed E-state index contributed by atoms with van der Waals surface area (Å²) in [6.07, 6.45) is 3.64. The fourth-order valence-corrected chi connectivity index (χ4v) is 2.13. The Morgan fingerprint density at radius 2 is 2.24 bits per heavy atom. The summed E-state index contributed by atoms with van der Waals surface area (Å²) in [5, 5.41) is 27.9. The molecule has 3 aromatic heterocycles. The van der Waals surface area contributed by atoms with Crippen LogP contribution in [0.5, 0.6) is 0 Å². The van der Waals surface area contributed by atoms with Crippen LogP contribution in [-0.2, 0) is 13.0 Å². The van der Waals surface area contributed by atoms with E-state index in [0.717, 1.165) is 0 Å². The Morgan fingerprint density at radius 1 is 1.38 bits per heavy atom. The highest BCUT2D eigenvalue weighted by molar-refractivity contribution is 5.48. The minimum absolute atomic E-state index is 0.0206. The molecule has 3 heterocycles. The van der Waals surface area contributed by atoms with Crippen LogP contribution in [0, 0.1) is 10.1 Å². The Hall–Kier alpha value is -2.81. The van der Waals surface area contributed by atoms with Gasteiger partial charge in [-0.05, 0) is 11.0 Å². The number of fused-ring (bicyclic) bond motifs is 1. The summed E-state index contributed by atoms with van der Waals surface area (Å²) in [7, 11) is 0. The molecule has 0 aromatic carbocycles. The summed E-state index contributed by atoms with van der Waals surface area (Å²) in [5.41, 5.74) is 1.45. The molecule has 3 aromatic rings. The molecule has 0 aliphatic heterocycles. The Bertz CT molecular complexity index is 793. The number of aliphatic hydroxyl groups excluding tert-OH is 1. The van der Waals surface area contributed by atoms with E-state index in [-0.39, 0.29) is 19.0 Å². The zero-order valence-corrected chi connectivity index (χ0v) is 11.0. The number of aliphatic hydroxyl groups is 1. The quantitative estimate of drug-likeness (QED) is 0.538. The van der Waals surface area contributed by atoms with Crippen molar-refractivity contribution < 1.29 is 10.0 Å². The van der Waals surface area contributed by atoms with Crippen molar-refractivity contribution in [2.45, 2.75) is 13.0 Å². The second kappa shape index (κ2) is 5.29. The minimum Gasteiger partial charge on any atom is -0.396 e. The smallest absolute Gasteiger partial charge is 0.353 e. The lowest BCUT2D eigenvalue weighted by Gasteiger charge is -1.98. The van der Waals surface area contributed by atoms with E-state index in [2.05, 4.69) is 15.3 Å². The summed E-state index contributed by atoms with van der Waals surface area (Å²) < 4.78 is 2.90. The number of nitro groups is 1. The number of hydrogen-bond acceptors (Lipinski definition) is 6. The predicted octanol–water partition coefficient (Wildman–Crippen LogP) is 0.417. The molecular formula is C12H12N6O3.